The molecule has 29 heavy (non-hydrogen) atoms. The van der Waals surface area contributed by atoms with Gasteiger partial charge in [0.2, 0.25) is 0 Å². The van der Waals surface area contributed by atoms with Crippen molar-refractivity contribution in [1.82, 2.24) is 0 Å². The summed E-state index contributed by atoms with van der Waals surface area (Å²) in [5.41, 5.74) is 2.88. The van der Waals surface area contributed by atoms with Gasteiger partial charge in [-0.05, 0) is 43.7 Å². The van der Waals surface area contributed by atoms with E-state index in [1.807, 2.05) is 26.0 Å². The Morgan fingerprint density at radius 3 is 1.93 bits per heavy atom. The van der Waals surface area contributed by atoms with Crippen molar-refractivity contribution in [3.05, 3.63) is 99.0 Å². The summed E-state index contributed by atoms with van der Waals surface area (Å²) in [6, 6.07) is 18.3. The van der Waals surface area contributed by atoms with Crippen LogP contribution in [0.1, 0.15) is 38.7 Å². The number of Topliss-reactive ketones (excluding diaryl/α,β-unsaturated/α-hetero) is 1. The molecule has 0 radical (unpaired) electrons. The minimum absolute atomic E-state index is 0.163. The standard InChI is InChI=1S/C23H20Cl2O3S/c1-15-3-7-17(8-4-15)22(26)14-23(18-9-12-20(24)21(25)13-18)29(27,28)19-10-5-16(2)6-11-19/h3-13,23H,14H2,1-2H3/t23-/m0/s1. The third kappa shape index (κ3) is 4.89. The van der Waals surface area contributed by atoms with Gasteiger partial charge in [-0.2, -0.15) is 0 Å². The molecule has 3 aromatic carbocycles. The fourth-order valence-electron chi connectivity index (χ4n) is 3.04. The van der Waals surface area contributed by atoms with Gasteiger partial charge in [0, 0.05) is 12.0 Å². The summed E-state index contributed by atoms with van der Waals surface area (Å²) >= 11 is 12.1. The number of hydrogen-bond acceptors (Lipinski definition) is 3. The van der Waals surface area contributed by atoms with Crippen molar-refractivity contribution in [1.29, 1.82) is 0 Å². The van der Waals surface area contributed by atoms with Crippen LogP contribution in [0.4, 0.5) is 0 Å². The molecule has 1 atom stereocenters. The Bertz CT molecular complexity index is 1140. The first-order valence-corrected chi connectivity index (χ1v) is 11.3. The van der Waals surface area contributed by atoms with Gasteiger partial charge in [0.15, 0.2) is 15.6 Å². The maximum Gasteiger partial charge on any atom is 0.185 e. The highest BCUT2D eigenvalue weighted by Crippen LogP contribution is 2.36. The molecular weight excluding hydrogens is 427 g/mol. The van der Waals surface area contributed by atoms with Crippen LogP contribution >= 0.6 is 23.2 Å². The highest BCUT2D eigenvalue weighted by molar-refractivity contribution is 7.91. The Morgan fingerprint density at radius 2 is 1.38 bits per heavy atom. The largest absolute Gasteiger partial charge is 0.294 e. The highest BCUT2D eigenvalue weighted by atomic mass is 35.5. The Morgan fingerprint density at radius 1 is 0.828 bits per heavy atom. The fraction of sp³-hybridized carbons (Fsp3) is 0.174. The van der Waals surface area contributed by atoms with Crippen LogP contribution in [-0.4, -0.2) is 14.2 Å². The van der Waals surface area contributed by atoms with E-state index in [1.165, 1.54) is 6.07 Å². The number of carbonyl (C=O) groups is 1. The molecule has 3 rings (SSSR count). The number of halogens is 2. The smallest absolute Gasteiger partial charge is 0.185 e. The minimum Gasteiger partial charge on any atom is -0.294 e. The first-order valence-electron chi connectivity index (χ1n) is 9.04. The van der Waals surface area contributed by atoms with E-state index in [2.05, 4.69) is 0 Å². The predicted octanol–water partition coefficient (Wildman–Crippen LogP) is 6.40. The lowest BCUT2D eigenvalue weighted by atomic mass is 10.0. The van der Waals surface area contributed by atoms with Crippen molar-refractivity contribution in [3.8, 4) is 0 Å². The molecule has 0 amide bonds. The Balaban J connectivity index is 2.05. The molecule has 0 bridgehead atoms. The van der Waals surface area contributed by atoms with Crippen LogP contribution in [0, 0.1) is 13.8 Å². The molecule has 0 aliphatic rings. The molecule has 0 saturated carbocycles. The lowest BCUT2D eigenvalue weighted by Gasteiger charge is -2.19. The fourth-order valence-corrected chi connectivity index (χ4v) is 5.06. The van der Waals surface area contributed by atoms with Crippen molar-refractivity contribution in [2.24, 2.45) is 0 Å². The van der Waals surface area contributed by atoms with Crippen LogP contribution in [0.5, 0.6) is 0 Å². The van der Waals surface area contributed by atoms with Gasteiger partial charge in [0.1, 0.15) is 0 Å². The lowest BCUT2D eigenvalue weighted by Crippen LogP contribution is -2.18. The number of ketones is 1. The van der Waals surface area contributed by atoms with Crippen LogP contribution in [0.3, 0.4) is 0 Å². The van der Waals surface area contributed by atoms with Crippen molar-refractivity contribution < 1.29 is 13.2 Å². The lowest BCUT2D eigenvalue weighted by molar-refractivity contribution is 0.0980. The van der Waals surface area contributed by atoms with Gasteiger partial charge in [-0.3, -0.25) is 4.79 Å². The molecule has 0 heterocycles. The van der Waals surface area contributed by atoms with Gasteiger partial charge in [0.05, 0.1) is 20.2 Å². The van der Waals surface area contributed by atoms with Gasteiger partial charge in [-0.25, -0.2) is 8.42 Å². The van der Waals surface area contributed by atoms with Crippen LogP contribution in [0.25, 0.3) is 0 Å². The summed E-state index contributed by atoms with van der Waals surface area (Å²) in [5.74, 6) is -0.253. The van der Waals surface area contributed by atoms with E-state index < -0.39 is 15.1 Å². The number of aryl methyl sites for hydroxylation is 2. The van der Waals surface area contributed by atoms with E-state index in [1.54, 1.807) is 48.5 Å². The zero-order valence-electron chi connectivity index (χ0n) is 16.0. The number of rotatable bonds is 6. The van der Waals surface area contributed by atoms with Crippen molar-refractivity contribution in [3.63, 3.8) is 0 Å². The van der Waals surface area contributed by atoms with Crippen molar-refractivity contribution in [2.45, 2.75) is 30.4 Å². The maximum absolute atomic E-state index is 13.4. The second kappa shape index (κ2) is 8.70. The molecule has 150 valence electrons. The summed E-state index contributed by atoms with van der Waals surface area (Å²) in [5, 5.41) is -0.503. The van der Waals surface area contributed by atoms with Gasteiger partial charge >= 0.3 is 0 Å². The summed E-state index contributed by atoms with van der Waals surface area (Å²) in [6.45, 7) is 3.81. The van der Waals surface area contributed by atoms with Crippen LogP contribution in [0.15, 0.2) is 71.6 Å². The Kier molecular flexibility index (Phi) is 6.47. The van der Waals surface area contributed by atoms with Crippen LogP contribution in [-0.2, 0) is 9.84 Å². The molecular formula is C23H20Cl2O3S. The van der Waals surface area contributed by atoms with E-state index >= 15 is 0 Å². The summed E-state index contributed by atoms with van der Waals surface area (Å²) in [7, 11) is -3.83. The van der Waals surface area contributed by atoms with Gasteiger partial charge < -0.3 is 0 Å². The summed E-state index contributed by atoms with van der Waals surface area (Å²) in [6.07, 6.45) is -0.197. The number of carbonyl (C=O) groups excluding carboxylic acids is 1. The average Bonchev–Trinajstić information content (AvgIpc) is 2.69. The molecule has 0 aromatic heterocycles. The number of hydrogen-bond donors (Lipinski definition) is 0. The van der Waals surface area contributed by atoms with E-state index in [0.29, 0.717) is 16.1 Å². The van der Waals surface area contributed by atoms with Gasteiger partial charge in [-0.1, -0.05) is 76.8 Å². The Hall–Kier alpha value is -2.14. The molecule has 0 saturated heterocycles. The van der Waals surface area contributed by atoms with Gasteiger partial charge in [0.25, 0.3) is 0 Å². The SMILES string of the molecule is Cc1ccc(C(=O)C[C@@H](c2ccc(Cl)c(Cl)c2)S(=O)(=O)c2ccc(C)cc2)cc1. The molecule has 0 spiro atoms. The summed E-state index contributed by atoms with van der Waals surface area (Å²) < 4.78 is 26.9. The molecule has 0 aliphatic heterocycles. The topological polar surface area (TPSA) is 51.2 Å². The first-order chi connectivity index (χ1) is 13.7. The maximum atomic E-state index is 13.4. The van der Waals surface area contributed by atoms with Crippen molar-refractivity contribution in [2.75, 3.05) is 0 Å². The third-order valence-electron chi connectivity index (χ3n) is 4.78. The van der Waals surface area contributed by atoms with Crippen LogP contribution < -0.4 is 0 Å². The minimum atomic E-state index is -3.83. The molecule has 0 fully saturated rings. The molecule has 0 N–H and O–H groups in total. The monoisotopic (exact) mass is 446 g/mol. The second-order valence-electron chi connectivity index (χ2n) is 7.01. The zero-order chi connectivity index (χ0) is 21.2. The predicted molar refractivity (Wildman–Crippen MR) is 118 cm³/mol. The molecule has 0 unspecified atom stereocenters. The molecule has 3 aromatic rings. The van der Waals surface area contributed by atoms with E-state index in [9.17, 15) is 13.2 Å². The quantitative estimate of drug-likeness (QED) is 0.411. The average molecular weight is 447 g/mol. The van der Waals surface area contributed by atoms with Crippen molar-refractivity contribution >= 4 is 38.8 Å². The third-order valence-corrected chi connectivity index (χ3v) is 7.64. The number of benzene rings is 3. The summed E-state index contributed by atoms with van der Waals surface area (Å²) in [4.78, 5) is 13.1. The van der Waals surface area contributed by atoms with E-state index in [0.717, 1.165) is 11.1 Å². The number of sulfone groups is 1. The van der Waals surface area contributed by atoms with E-state index in [4.69, 9.17) is 23.2 Å². The van der Waals surface area contributed by atoms with E-state index in [-0.39, 0.29) is 22.1 Å². The molecule has 6 heteroatoms. The molecule has 3 nitrogen and oxygen atoms in total. The second-order valence-corrected chi connectivity index (χ2v) is 9.96. The highest BCUT2D eigenvalue weighted by Gasteiger charge is 2.32. The van der Waals surface area contributed by atoms with Gasteiger partial charge in [-0.15, -0.1) is 0 Å². The molecule has 0 aliphatic carbocycles. The zero-order valence-corrected chi connectivity index (χ0v) is 18.4. The first kappa shape index (κ1) is 21.6. The van der Waals surface area contributed by atoms with Crippen LogP contribution in [0.2, 0.25) is 10.0 Å². The normalized spacial score (nSPS) is 12.6. The Labute approximate surface area is 181 Å².